The molecule has 5 nitrogen and oxygen atoms in total. The summed E-state index contributed by atoms with van der Waals surface area (Å²) in [7, 11) is 0. The van der Waals surface area contributed by atoms with Crippen LogP contribution in [-0.2, 0) is 6.54 Å². The summed E-state index contributed by atoms with van der Waals surface area (Å²) in [6.45, 7) is 2.60. The van der Waals surface area contributed by atoms with Crippen molar-refractivity contribution in [2.45, 2.75) is 44.3 Å². The molecule has 0 radical (unpaired) electrons. The van der Waals surface area contributed by atoms with Crippen molar-refractivity contribution in [1.29, 1.82) is 0 Å². The van der Waals surface area contributed by atoms with Gasteiger partial charge in [-0.15, -0.1) is 0 Å². The first-order valence-electron chi connectivity index (χ1n) is 7.11. The van der Waals surface area contributed by atoms with Gasteiger partial charge in [-0.05, 0) is 37.9 Å². The first-order chi connectivity index (χ1) is 9.28. The molecule has 0 bridgehead atoms. The zero-order chi connectivity index (χ0) is 13.2. The molecule has 0 spiro atoms. The first kappa shape index (κ1) is 12.7. The summed E-state index contributed by atoms with van der Waals surface area (Å²) in [5, 5.41) is 3.12. The minimum absolute atomic E-state index is 0.114. The molecule has 1 aromatic rings. The number of furan rings is 1. The van der Waals surface area contributed by atoms with Crippen LogP contribution in [0.2, 0.25) is 0 Å². The molecule has 2 atom stereocenters. The van der Waals surface area contributed by atoms with Gasteiger partial charge >= 0.3 is 0 Å². The van der Waals surface area contributed by atoms with E-state index in [9.17, 15) is 4.79 Å². The van der Waals surface area contributed by atoms with E-state index in [0.717, 1.165) is 13.0 Å². The Balaban J connectivity index is 1.63. The van der Waals surface area contributed by atoms with E-state index in [0.29, 0.717) is 24.1 Å². The number of carbonyl (C=O) groups excluding carboxylic acids is 1. The highest BCUT2D eigenvalue weighted by atomic mass is 16.4. The van der Waals surface area contributed by atoms with Gasteiger partial charge in [0.05, 0.1) is 6.54 Å². The topological polar surface area (TPSA) is 71.5 Å². The highest BCUT2D eigenvalue weighted by Crippen LogP contribution is 2.27. The molecule has 104 valence electrons. The molecule has 2 fully saturated rings. The lowest BCUT2D eigenvalue weighted by Crippen LogP contribution is -2.46. The zero-order valence-electron chi connectivity index (χ0n) is 11.1. The summed E-state index contributed by atoms with van der Waals surface area (Å²) in [5.74, 6) is 0.905. The van der Waals surface area contributed by atoms with E-state index in [1.807, 2.05) is 0 Å². The molecule has 3 heterocycles. The van der Waals surface area contributed by atoms with Gasteiger partial charge in [0.25, 0.3) is 5.91 Å². The van der Waals surface area contributed by atoms with Crippen molar-refractivity contribution in [3.8, 4) is 0 Å². The predicted molar refractivity (Wildman–Crippen MR) is 71.7 cm³/mol. The average Bonchev–Trinajstić information content (AvgIpc) is 3.06. The van der Waals surface area contributed by atoms with Crippen molar-refractivity contribution in [2.75, 3.05) is 13.1 Å². The molecule has 5 heteroatoms. The molecule has 2 aliphatic rings. The van der Waals surface area contributed by atoms with Crippen molar-refractivity contribution < 1.29 is 9.21 Å². The Kier molecular flexibility index (Phi) is 3.57. The summed E-state index contributed by atoms with van der Waals surface area (Å²) >= 11 is 0. The second kappa shape index (κ2) is 5.35. The molecule has 1 amide bonds. The predicted octanol–water partition coefficient (Wildman–Crippen LogP) is 1.09. The molecule has 1 aromatic heterocycles. The fraction of sp³-hybridized carbons (Fsp3) is 0.643. The minimum Gasteiger partial charge on any atom is -0.455 e. The lowest BCUT2D eigenvalue weighted by Gasteiger charge is -2.32. The van der Waals surface area contributed by atoms with Gasteiger partial charge in [-0.25, -0.2) is 0 Å². The molecular weight excluding hydrogens is 242 g/mol. The van der Waals surface area contributed by atoms with E-state index in [-0.39, 0.29) is 11.9 Å². The number of nitrogens with two attached hydrogens (primary N) is 1. The quantitative estimate of drug-likeness (QED) is 0.856. The van der Waals surface area contributed by atoms with Gasteiger partial charge in [-0.2, -0.15) is 0 Å². The molecule has 3 N–H and O–H groups in total. The molecular formula is C14H21N3O2. The monoisotopic (exact) mass is 263 g/mol. The fourth-order valence-corrected chi connectivity index (χ4v) is 3.26. The van der Waals surface area contributed by atoms with Gasteiger partial charge in [0.1, 0.15) is 5.76 Å². The molecule has 0 aliphatic carbocycles. The van der Waals surface area contributed by atoms with E-state index in [1.165, 1.54) is 25.8 Å². The van der Waals surface area contributed by atoms with Gasteiger partial charge in [0.2, 0.25) is 0 Å². The van der Waals surface area contributed by atoms with Crippen LogP contribution >= 0.6 is 0 Å². The number of fused-ring (bicyclic) bond motifs is 1. The van der Waals surface area contributed by atoms with Crippen LogP contribution in [0.4, 0.5) is 0 Å². The van der Waals surface area contributed by atoms with E-state index in [1.54, 1.807) is 12.1 Å². The molecule has 2 saturated heterocycles. The number of nitrogens with one attached hydrogen (secondary N) is 1. The third-order valence-corrected chi connectivity index (χ3v) is 4.26. The Morgan fingerprint density at radius 1 is 1.37 bits per heavy atom. The smallest absolute Gasteiger partial charge is 0.287 e. The number of piperidine rings is 1. The number of carbonyl (C=O) groups is 1. The van der Waals surface area contributed by atoms with Gasteiger partial charge in [-0.1, -0.05) is 6.42 Å². The molecule has 2 unspecified atom stereocenters. The van der Waals surface area contributed by atoms with Crippen molar-refractivity contribution in [3.05, 3.63) is 23.7 Å². The second-order valence-corrected chi connectivity index (χ2v) is 5.44. The number of nitrogens with zero attached hydrogens (tertiary/aromatic N) is 1. The van der Waals surface area contributed by atoms with Crippen molar-refractivity contribution in [2.24, 2.45) is 5.73 Å². The van der Waals surface area contributed by atoms with Crippen LogP contribution < -0.4 is 11.1 Å². The Hall–Kier alpha value is -1.33. The standard InChI is InChI=1S/C14H21N3O2/c15-9-10-4-5-13(19-10)14(18)16-11-6-8-17-7-2-1-3-12(11)17/h4-5,11-12H,1-3,6-9,15H2,(H,16,18). The maximum atomic E-state index is 12.1. The Morgan fingerprint density at radius 3 is 3.05 bits per heavy atom. The highest BCUT2D eigenvalue weighted by molar-refractivity contribution is 5.91. The summed E-state index contributed by atoms with van der Waals surface area (Å²) in [6.07, 6.45) is 4.79. The van der Waals surface area contributed by atoms with Crippen molar-refractivity contribution in [3.63, 3.8) is 0 Å². The molecule has 2 aliphatic heterocycles. The van der Waals surface area contributed by atoms with Crippen LogP contribution in [0.5, 0.6) is 0 Å². The minimum atomic E-state index is -0.114. The maximum absolute atomic E-state index is 12.1. The number of rotatable bonds is 3. The van der Waals surface area contributed by atoms with Gasteiger partial charge < -0.3 is 15.5 Å². The van der Waals surface area contributed by atoms with Crippen LogP contribution in [0.1, 0.15) is 42.0 Å². The third-order valence-electron chi connectivity index (χ3n) is 4.26. The summed E-state index contributed by atoms with van der Waals surface area (Å²) < 4.78 is 5.39. The Labute approximate surface area is 113 Å². The maximum Gasteiger partial charge on any atom is 0.287 e. The molecule has 0 aromatic carbocycles. The van der Waals surface area contributed by atoms with E-state index in [2.05, 4.69) is 10.2 Å². The molecule has 0 saturated carbocycles. The fourth-order valence-electron chi connectivity index (χ4n) is 3.26. The number of hydrogen-bond acceptors (Lipinski definition) is 4. The van der Waals surface area contributed by atoms with Gasteiger partial charge in [0, 0.05) is 18.6 Å². The average molecular weight is 263 g/mol. The first-order valence-corrected chi connectivity index (χ1v) is 7.11. The zero-order valence-corrected chi connectivity index (χ0v) is 11.1. The van der Waals surface area contributed by atoms with Crippen LogP contribution in [0.3, 0.4) is 0 Å². The Morgan fingerprint density at radius 2 is 2.26 bits per heavy atom. The van der Waals surface area contributed by atoms with Crippen LogP contribution in [0.25, 0.3) is 0 Å². The van der Waals surface area contributed by atoms with Crippen LogP contribution in [0, 0.1) is 0 Å². The third kappa shape index (κ3) is 2.53. The number of amides is 1. The van der Waals surface area contributed by atoms with E-state index < -0.39 is 0 Å². The van der Waals surface area contributed by atoms with Crippen LogP contribution in [-0.4, -0.2) is 36.0 Å². The van der Waals surface area contributed by atoms with Gasteiger partial charge in [0.15, 0.2) is 5.76 Å². The lowest BCUT2D eigenvalue weighted by atomic mass is 9.99. The molecule has 19 heavy (non-hydrogen) atoms. The van der Waals surface area contributed by atoms with Gasteiger partial charge in [-0.3, -0.25) is 9.69 Å². The summed E-state index contributed by atoms with van der Waals surface area (Å²) in [6, 6.07) is 4.24. The summed E-state index contributed by atoms with van der Waals surface area (Å²) in [5.41, 5.74) is 5.48. The number of hydrogen-bond donors (Lipinski definition) is 2. The van der Waals surface area contributed by atoms with Crippen LogP contribution in [0.15, 0.2) is 16.5 Å². The van der Waals surface area contributed by atoms with Crippen molar-refractivity contribution in [1.82, 2.24) is 10.2 Å². The second-order valence-electron chi connectivity index (χ2n) is 5.44. The largest absolute Gasteiger partial charge is 0.455 e. The highest BCUT2D eigenvalue weighted by Gasteiger charge is 2.36. The summed E-state index contributed by atoms with van der Waals surface area (Å²) in [4.78, 5) is 14.6. The SMILES string of the molecule is NCc1ccc(C(=O)NC2CCN3CCCCC23)o1. The van der Waals surface area contributed by atoms with E-state index in [4.69, 9.17) is 10.2 Å². The lowest BCUT2D eigenvalue weighted by molar-refractivity contribution is 0.0886. The molecule has 3 rings (SSSR count). The normalized spacial score (nSPS) is 27.2. The Bertz CT molecular complexity index is 457. The van der Waals surface area contributed by atoms with E-state index >= 15 is 0 Å². The van der Waals surface area contributed by atoms with Crippen molar-refractivity contribution >= 4 is 5.91 Å².